The third-order valence-corrected chi connectivity index (χ3v) is 2.65. The van der Waals surface area contributed by atoms with Gasteiger partial charge in [0.15, 0.2) is 6.10 Å². The molecule has 0 radical (unpaired) electrons. The number of carbonyl (C=O) groups excluding carboxylic acids is 1. The van der Waals surface area contributed by atoms with Crippen molar-refractivity contribution in [3.63, 3.8) is 0 Å². The zero-order chi connectivity index (χ0) is 14.4. The number of nitrogens with two attached hydrogens (primary N) is 1. The first-order chi connectivity index (χ1) is 8.97. The zero-order valence-corrected chi connectivity index (χ0v) is 11.7. The number of thiocarbonyl (C=S) groups is 1. The molecule has 0 bridgehead atoms. The Morgan fingerprint density at radius 2 is 2.26 bits per heavy atom. The highest BCUT2D eigenvalue weighted by molar-refractivity contribution is 7.80. The van der Waals surface area contributed by atoms with Crippen molar-refractivity contribution < 1.29 is 13.9 Å². The van der Waals surface area contributed by atoms with Crippen LogP contribution in [0.4, 0.5) is 4.39 Å². The van der Waals surface area contributed by atoms with E-state index in [9.17, 15) is 9.18 Å². The number of nitrogens with one attached hydrogen (secondary N) is 1. The summed E-state index contributed by atoms with van der Waals surface area (Å²) in [7, 11) is 0. The molecule has 0 aliphatic rings. The number of rotatable bonds is 6. The van der Waals surface area contributed by atoms with Crippen LogP contribution in [0.15, 0.2) is 18.2 Å². The van der Waals surface area contributed by atoms with Crippen LogP contribution < -0.4 is 15.8 Å². The normalized spacial score (nSPS) is 11.7. The first kappa shape index (κ1) is 15.4. The maximum Gasteiger partial charge on any atom is 0.260 e. The van der Waals surface area contributed by atoms with Crippen LogP contribution in [-0.4, -0.2) is 23.5 Å². The van der Waals surface area contributed by atoms with Crippen molar-refractivity contribution in [3.8, 4) is 5.75 Å². The van der Waals surface area contributed by atoms with Gasteiger partial charge in [-0.1, -0.05) is 25.2 Å². The van der Waals surface area contributed by atoms with E-state index in [2.05, 4.69) is 5.32 Å². The number of carbonyl (C=O) groups is 1. The second-order valence-corrected chi connectivity index (χ2v) is 4.47. The third-order valence-electron chi connectivity index (χ3n) is 2.44. The zero-order valence-electron chi connectivity index (χ0n) is 10.9. The van der Waals surface area contributed by atoms with Gasteiger partial charge in [0.05, 0.1) is 5.56 Å². The van der Waals surface area contributed by atoms with Crippen LogP contribution in [0.25, 0.3) is 0 Å². The van der Waals surface area contributed by atoms with Crippen LogP contribution in [0.3, 0.4) is 0 Å². The van der Waals surface area contributed by atoms with E-state index in [0.717, 1.165) is 6.42 Å². The maximum absolute atomic E-state index is 13.6. The molecule has 0 aliphatic heterocycles. The molecule has 1 atom stereocenters. The van der Waals surface area contributed by atoms with Crippen molar-refractivity contribution in [2.24, 2.45) is 5.73 Å². The third kappa shape index (κ3) is 4.17. The second kappa shape index (κ2) is 7.04. The fraction of sp³-hybridized carbons (Fsp3) is 0.385. The Morgan fingerprint density at radius 3 is 2.84 bits per heavy atom. The van der Waals surface area contributed by atoms with Crippen LogP contribution in [0.2, 0.25) is 0 Å². The Balaban J connectivity index is 2.85. The molecule has 0 saturated carbocycles. The van der Waals surface area contributed by atoms with E-state index in [1.165, 1.54) is 18.2 Å². The minimum absolute atomic E-state index is 0.0210. The maximum atomic E-state index is 13.6. The van der Waals surface area contributed by atoms with Gasteiger partial charge in [-0.25, -0.2) is 4.39 Å². The van der Waals surface area contributed by atoms with Gasteiger partial charge in [-0.15, -0.1) is 0 Å². The average molecular weight is 284 g/mol. The number of hydrogen-bond acceptors (Lipinski definition) is 3. The highest BCUT2D eigenvalue weighted by atomic mass is 32.1. The van der Waals surface area contributed by atoms with E-state index in [0.29, 0.717) is 6.54 Å². The van der Waals surface area contributed by atoms with Gasteiger partial charge < -0.3 is 15.8 Å². The summed E-state index contributed by atoms with van der Waals surface area (Å²) in [6, 6.07) is 4.24. The number of amides is 1. The molecule has 0 aliphatic carbocycles. The van der Waals surface area contributed by atoms with Gasteiger partial charge in [-0.05, 0) is 25.5 Å². The lowest BCUT2D eigenvalue weighted by atomic mass is 10.2. The summed E-state index contributed by atoms with van der Waals surface area (Å²) in [6.07, 6.45) is 0.0813. The minimum Gasteiger partial charge on any atom is -0.480 e. The summed E-state index contributed by atoms with van der Waals surface area (Å²) in [5, 5.41) is 2.69. The molecule has 1 aromatic rings. The summed E-state index contributed by atoms with van der Waals surface area (Å²) in [5.41, 5.74) is 5.48. The van der Waals surface area contributed by atoms with Gasteiger partial charge in [0.1, 0.15) is 16.6 Å². The Kier molecular flexibility index (Phi) is 5.69. The molecule has 1 unspecified atom stereocenters. The summed E-state index contributed by atoms with van der Waals surface area (Å²) in [6.45, 7) is 4.10. The van der Waals surface area contributed by atoms with Gasteiger partial charge >= 0.3 is 0 Å². The predicted octanol–water partition coefficient (Wildman–Crippen LogP) is 1.75. The van der Waals surface area contributed by atoms with Crippen molar-refractivity contribution >= 4 is 23.1 Å². The monoisotopic (exact) mass is 284 g/mol. The van der Waals surface area contributed by atoms with E-state index >= 15 is 0 Å². The van der Waals surface area contributed by atoms with Crippen LogP contribution >= 0.6 is 12.2 Å². The number of benzene rings is 1. The summed E-state index contributed by atoms with van der Waals surface area (Å²) in [4.78, 5) is 11.6. The molecule has 0 heterocycles. The van der Waals surface area contributed by atoms with Crippen molar-refractivity contribution in [3.05, 3.63) is 29.6 Å². The molecular weight excluding hydrogens is 267 g/mol. The van der Waals surface area contributed by atoms with Crippen molar-refractivity contribution in [2.45, 2.75) is 26.4 Å². The molecule has 1 aromatic carbocycles. The van der Waals surface area contributed by atoms with Gasteiger partial charge in [0.25, 0.3) is 5.91 Å². The lowest BCUT2D eigenvalue weighted by Gasteiger charge is -2.17. The van der Waals surface area contributed by atoms with Crippen molar-refractivity contribution in [1.82, 2.24) is 5.32 Å². The largest absolute Gasteiger partial charge is 0.480 e. The predicted molar refractivity (Wildman–Crippen MR) is 75.7 cm³/mol. The second-order valence-electron chi connectivity index (χ2n) is 4.03. The van der Waals surface area contributed by atoms with Crippen LogP contribution in [0.5, 0.6) is 5.75 Å². The Morgan fingerprint density at radius 1 is 1.58 bits per heavy atom. The highest BCUT2D eigenvalue weighted by Crippen LogP contribution is 2.22. The first-order valence-electron chi connectivity index (χ1n) is 6.00. The van der Waals surface area contributed by atoms with Gasteiger partial charge in [-0.3, -0.25) is 4.79 Å². The van der Waals surface area contributed by atoms with Gasteiger partial charge in [0.2, 0.25) is 0 Å². The molecule has 0 saturated heterocycles. The molecule has 3 N–H and O–H groups in total. The topological polar surface area (TPSA) is 64.3 Å². The summed E-state index contributed by atoms with van der Waals surface area (Å²) in [5.74, 6) is -0.655. The van der Waals surface area contributed by atoms with Crippen LogP contribution in [0.1, 0.15) is 25.8 Å². The number of hydrogen-bond donors (Lipinski definition) is 2. The van der Waals surface area contributed by atoms with E-state index in [4.69, 9.17) is 22.7 Å². The van der Waals surface area contributed by atoms with E-state index in [1.54, 1.807) is 6.92 Å². The highest BCUT2D eigenvalue weighted by Gasteiger charge is 2.18. The molecular formula is C13H17FN2O2S. The van der Waals surface area contributed by atoms with Gasteiger partial charge in [0, 0.05) is 6.54 Å². The molecule has 0 aromatic heterocycles. The molecule has 1 amide bonds. The van der Waals surface area contributed by atoms with E-state index < -0.39 is 11.9 Å². The molecule has 0 fully saturated rings. The smallest absolute Gasteiger partial charge is 0.260 e. The molecule has 0 spiro atoms. The Bertz CT molecular complexity index is 480. The quantitative estimate of drug-likeness (QED) is 0.781. The molecule has 4 nitrogen and oxygen atoms in total. The number of halogens is 1. The molecule has 6 heteroatoms. The van der Waals surface area contributed by atoms with E-state index in [-0.39, 0.29) is 22.2 Å². The summed E-state index contributed by atoms with van der Waals surface area (Å²) >= 11 is 4.78. The molecule has 1 rings (SSSR count). The Labute approximate surface area is 117 Å². The molecule has 104 valence electrons. The van der Waals surface area contributed by atoms with Crippen molar-refractivity contribution in [2.75, 3.05) is 6.54 Å². The minimum atomic E-state index is -0.749. The lowest BCUT2D eigenvalue weighted by molar-refractivity contribution is -0.127. The average Bonchev–Trinajstić information content (AvgIpc) is 2.35. The lowest BCUT2D eigenvalue weighted by Crippen LogP contribution is -2.37. The SMILES string of the molecule is CCCNC(=O)C(C)Oc1cccc(F)c1C(N)=S. The van der Waals surface area contributed by atoms with Crippen LogP contribution in [0, 0.1) is 5.82 Å². The van der Waals surface area contributed by atoms with Crippen LogP contribution in [-0.2, 0) is 4.79 Å². The number of ether oxygens (including phenoxy) is 1. The fourth-order valence-corrected chi connectivity index (χ4v) is 1.68. The van der Waals surface area contributed by atoms with Crippen molar-refractivity contribution in [1.29, 1.82) is 0 Å². The standard InChI is InChI=1S/C13H17FN2O2S/c1-3-7-16-13(17)8(2)18-10-6-4-5-9(14)11(10)12(15)19/h4-6,8H,3,7H2,1-2H3,(H2,15,19)(H,16,17). The fourth-order valence-electron chi connectivity index (χ4n) is 1.48. The van der Waals surface area contributed by atoms with E-state index in [1.807, 2.05) is 6.92 Å². The summed E-state index contributed by atoms with van der Waals surface area (Å²) < 4.78 is 19.0. The molecule has 19 heavy (non-hydrogen) atoms. The first-order valence-corrected chi connectivity index (χ1v) is 6.40. The van der Waals surface area contributed by atoms with Gasteiger partial charge in [-0.2, -0.15) is 0 Å². The Hall–Kier alpha value is -1.69.